The maximum Gasteiger partial charge on any atom is 0.337 e. The molecule has 3 saturated heterocycles. The predicted octanol–water partition coefficient (Wildman–Crippen LogP) is -1.21. The number of piperidine rings is 1. The van der Waals surface area contributed by atoms with E-state index in [2.05, 4.69) is 22.8 Å². The zero-order chi connectivity index (χ0) is 23.9. The third kappa shape index (κ3) is 6.31. The molecule has 6 aliphatic rings. The van der Waals surface area contributed by atoms with Gasteiger partial charge in [0.2, 0.25) is 0 Å². The fraction of sp³-hybridized carbons (Fsp3) is 0.875. The minimum Gasteiger partial charge on any atom is -0.467 e. The number of hydrogen-bond acceptors (Lipinski definition) is 10. The zero-order valence-electron chi connectivity index (χ0n) is 21.8. The van der Waals surface area contributed by atoms with Crippen molar-refractivity contribution in [3.05, 3.63) is 12.2 Å². The molecule has 1 spiro atoms. The van der Waals surface area contributed by atoms with Gasteiger partial charge in [-0.1, -0.05) is 12.2 Å². The molecule has 10 nitrogen and oxygen atoms in total. The smallest absolute Gasteiger partial charge is 0.337 e. The molecule has 2 saturated carbocycles. The summed E-state index contributed by atoms with van der Waals surface area (Å²) in [6.07, 6.45) is -1.53. The molecule has 2 bridgehead atoms. The molecule has 4 N–H and O–H groups in total. The molecule has 3 heterocycles. The first-order chi connectivity index (χ1) is 16.3. The first-order valence-corrected chi connectivity index (χ1v) is 12.4. The summed E-state index contributed by atoms with van der Waals surface area (Å²) in [6.45, 7) is 0.936. The standard InChI is InChI=1S/C24H35NO9.4Ac/c1-25-8-7-24-11-4-6-14(32-23-18(29)16(27)17(28)20(34-23)22(30)31-2)21(24)33-19-13(26)5-3-10(15(19)24)9-12(11)25;;;;/h4,6,10-21,23,26-29H,3,5,7-9H2,1-2H3;;;;/t10?,11?,12-,13?,14+,15?,16+,17+,18-,19?,20+,21+,23?,24+;;;;/m1..../s1. The maximum atomic E-state index is 12.1. The van der Waals surface area contributed by atoms with Gasteiger partial charge in [0.15, 0.2) is 12.4 Å². The largest absolute Gasteiger partial charge is 0.467 e. The van der Waals surface area contributed by atoms with Crippen molar-refractivity contribution in [3.63, 3.8) is 0 Å². The number of ether oxygens (including phenoxy) is 4. The third-order valence-electron chi connectivity index (χ3n) is 9.67. The van der Waals surface area contributed by atoms with Crippen LogP contribution in [0.2, 0.25) is 0 Å². The van der Waals surface area contributed by atoms with Gasteiger partial charge in [-0.25, -0.2) is 4.79 Å². The number of hydrogen-bond donors (Lipinski definition) is 4. The number of carbonyl (C=O) groups is 1. The van der Waals surface area contributed by atoms with Crippen molar-refractivity contribution in [2.24, 2.45) is 23.2 Å². The van der Waals surface area contributed by atoms with Crippen LogP contribution in [0.1, 0.15) is 25.7 Å². The van der Waals surface area contributed by atoms with Crippen molar-refractivity contribution >= 4 is 5.97 Å². The molecule has 3 aliphatic heterocycles. The zero-order valence-corrected chi connectivity index (χ0v) is 40.8. The number of rotatable bonds is 3. The van der Waals surface area contributed by atoms with Gasteiger partial charge in [-0.2, -0.15) is 0 Å². The van der Waals surface area contributed by atoms with E-state index >= 15 is 0 Å². The number of nitrogens with zero attached hydrogens (tertiary/aromatic N) is 1. The fourth-order valence-corrected chi connectivity index (χ4v) is 8.16. The molecule has 0 aromatic heterocycles. The van der Waals surface area contributed by atoms with Crippen molar-refractivity contribution in [1.29, 1.82) is 0 Å². The Morgan fingerprint density at radius 2 is 1.71 bits per heavy atom. The molecule has 6 rings (SSSR count). The Hall–Kier alpha value is 4.66. The van der Waals surface area contributed by atoms with Crippen molar-refractivity contribution < 1.29 is 220 Å². The Morgan fingerprint density at radius 3 is 2.39 bits per heavy atom. The Kier molecular flexibility index (Phi) is 15.8. The van der Waals surface area contributed by atoms with Gasteiger partial charge < -0.3 is 44.3 Å². The fourth-order valence-electron chi connectivity index (χ4n) is 8.16. The molecule has 5 fully saturated rings. The van der Waals surface area contributed by atoms with Crippen LogP contribution < -0.4 is 0 Å². The van der Waals surface area contributed by atoms with E-state index in [1.807, 2.05) is 6.08 Å². The molecule has 3 aliphatic carbocycles. The molecule has 14 heteroatoms. The van der Waals surface area contributed by atoms with E-state index in [4.69, 9.17) is 14.2 Å². The van der Waals surface area contributed by atoms with E-state index in [9.17, 15) is 25.2 Å². The monoisotopic (exact) mass is 1390 g/mol. The summed E-state index contributed by atoms with van der Waals surface area (Å²) in [4.78, 5) is 14.5. The molecule has 0 amide bonds. The molecule has 4 radical (unpaired) electrons. The van der Waals surface area contributed by atoms with E-state index in [0.717, 1.165) is 39.3 Å². The molecule has 0 aromatic rings. The summed E-state index contributed by atoms with van der Waals surface area (Å²) >= 11 is 0. The second-order valence-electron chi connectivity index (χ2n) is 11.0. The Morgan fingerprint density at radius 1 is 1.00 bits per heavy atom. The third-order valence-corrected chi connectivity index (χ3v) is 9.67. The van der Waals surface area contributed by atoms with Gasteiger partial charge >= 0.3 is 5.97 Å². The Labute approximate surface area is 366 Å². The maximum absolute atomic E-state index is 12.1. The van der Waals surface area contributed by atoms with Crippen molar-refractivity contribution in [2.45, 2.75) is 86.8 Å². The molecule has 202 valence electrons. The second-order valence-corrected chi connectivity index (χ2v) is 11.0. The number of aliphatic hydroxyl groups is 4. The number of methoxy groups -OCH3 is 1. The summed E-state index contributed by atoms with van der Waals surface area (Å²) in [5, 5.41) is 42.0. The molecular formula is C24H35Ac4NO9. The van der Waals surface area contributed by atoms with E-state index in [-0.39, 0.29) is 206 Å². The van der Waals surface area contributed by atoms with Crippen LogP contribution in [-0.2, 0) is 23.7 Å². The van der Waals surface area contributed by atoms with Crippen molar-refractivity contribution in [2.75, 3.05) is 20.7 Å². The van der Waals surface area contributed by atoms with Crippen LogP contribution in [0.4, 0.5) is 0 Å². The summed E-state index contributed by atoms with van der Waals surface area (Å²) in [5.41, 5.74) is -0.189. The number of carbonyl (C=O) groups excluding carboxylic acids is 1. The Balaban J connectivity index is 0.00000127. The van der Waals surface area contributed by atoms with Gasteiger partial charge in [0.05, 0.1) is 25.4 Å². The summed E-state index contributed by atoms with van der Waals surface area (Å²) in [7, 11) is 3.34. The van der Waals surface area contributed by atoms with E-state index in [1.54, 1.807) is 0 Å². The quantitative estimate of drug-likeness (QED) is 0.202. The van der Waals surface area contributed by atoms with Gasteiger partial charge in [-0.05, 0) is 51.1 Å². The van der Waals surface area contributed by atoms with Gasteiger partial charge in [0, 0.05) is 194 Å². The van der Waals surface area contributed by atoms with Crippen molar-refractivity contribution in [1.82, 2.24) is 4.90 Å². The minimum absolute atomic E-state index is 0. The average Bonchev–Trinajstić information content (AvgIpc) is 3.19. The van der Waals surface area contributed by atoms with E-state index < -0.39 is 48.9 Å². The first kappa shape index (κ1) is 38.8. The SMILES string of the molecule is COC(=O)[C@H]1OC(O[C@H]2C=CC3[C@H]4CC5CCC(O)C6O[C@@H]2[C@]3(CCN4C)C56)[C@H](O)[C@@H](O)[C@@H]1O.[Ac].[Ac].[Ac].[Ac]. The van der Waals surface area contributed by atoms with Crippen LogP contribution in [0.5, 0.6) is 0 Å². The normalized spacial score (nSPS) is 50.2. The van der Waals surface area contributed by atoms with Gasteiger partial charge in [-0.15, -0.1) is 0 Å². The topological polar surface area (TPSA) is 138 Å². The summed E-state index contributed by atoms with van der Waals surface area (Å²) in [5.74, 6) is 0.135. The molecule has 0 aromatic carbocycles. The van der Waals surface area contributed by atoms with Gasteiger partial charge in [0.25, 0.3) is 0 Å². The second kappa shape index (κ2) is 15.5. The average molecular weight is 1390 g/mol. The molecule has 6 unspecified atom stereocenters. The van der Waals surface area contributed by atoms with Crippen LogP contribution >= 0.6 is 0 Å². The summed E-state index contributed by atoms with van der Waals surface area (Å²) in [6, 6.07) is 0.407. The van der Waals surface area contributed by atoms with Crippen LogP contribution in [0, 0.1) is 199 Å². The molecule has 14 atom stereocenters. The molecular weight excluding hydrogens is 1350 g/mol. The first-order valence-electron chi connectivity index (χ1n) is 12.4. The van der Waals surface area contributed by atoms with Crippen LogP contribution in [0.15, 0.2) is 12.2 Å². The number of aliphatic hydroxyl groups excluding tert-OH is 4. The van der Waals surface area contributed by atoms with Crippen LogP contribution in [0.25, 0.3) is 0 Å². The van der Waals surface area contributed by atoms with Crippen LogP contribution in [-0.4, -0.2) is 113 Å². The van der Waals surface area contributed by atoms with Crippen LogP contribution in [0.3, 0.4) is 0 Å². The number of likely N-dealkylation sites (tertiary alicyclic amines) is 1. The minimum atomic E-state index is -1.64. The predicted molar refractivity (Wildman–Crippen MR) is 115 cm³/mol. The van der Waals surface area contributed by atoms with E-state index in [1.165, 1.54) is 0 Å². The molecule has 38 heavy (non-hydrogen) atoms. The van der Waals surface area contributed by atoms with Gasteiger partial charge in [-0.3, -0.25) is 0 Å². The summed E-state index contributed by atoms with van der Waals surface area (Å²) < 4.78 is 23.1. The van der Waals surface area contributed by atoms with Crippen molar-refractivity contribution in [3.8, 4) is 0 Å². The van der Waals surface area contributed by atoms with E-state index in [0.29, 0.717) is 12.0 Å². The number of esters is 1. The Bertz CT molecular complexity index is 873. The van der Waals surface area contributed by atoms with Gasteiger partial charge in [0.1, 0.15) is 24.4 Å².